The summed E-state index contributed by atoms with van der Waals surface area (Å²) < 4.78 is 27.5. The molecule has 2 nitrogen and oxygen atoms in total. The lowest BCUT2D eigenvalue weighted by molar-refractivity contribution is -0.0965. The zero-order chi connectivity index (χ0) is 25.7. The van der Waals surface area contributed by atoms with Gasteiger partial charge in [-0.15, -0.1) is 0 Å². The highest BCUT2D eigenvalue weighted by Crippen LogP contribution is 2.69. The second-order valence-electron chi connectivity index (χ2n) is 14.0. The number of fused-ring (bicyclic) bond motifs is 5. The lowest BCUT2D eigenvalue weighted by atomic mass is 9.45. The van der Waals surface area contributed by atoms with Crippen molar-refractivity contribution in [1.82, 2.24) is 0 Å². The van der Waals surface area contributed by atoms with Crippen molar-refractivity contribution in [2.45, 2.75) is 110 Å². The fraction of sp³-hybridized carbons (Fsp3) is 0.758. The molecule has 0 amide bonds. The summed E-state index contributed by atoms with van der Waals surface area (Å²) in [5, 5.41) is 0. The molecular formula is C33H50O2S. The maximum Gasteiger partial charge on any atom is 0.202 e. The zero-order valence-electron chi connectivity index (χ0n) is 23.5. The smallest absolute Gasteiger partial charge is 0.202 e. The van der Waals surface area contributed by atoms with Gasteiger partial charge in [0, 0.05) is 10.8 Å². The second kappa shape index (κ2) is 9.90. The Balaban J connectivity index is 1.36. The van der Waals surface area contributed by atoms with Gasteiger partial charge in [-0.05, 0) is 110 Å². The second-order valence-corrected chi connectivity index (χ2v) is 16.0. The summed E-state index contributed by atoms with van der Waals surface area (Å²) in [6, 6.07) is 9.17. The fourth-order valence-corrected chi connectivity index (χ4v) is 11.9. The van der Waals surface area contributed by atoms with Crippen molar-refractivity contribution >= 4 is 9.84 Å². The minimum absolute atomic E-state index is 0.122. The van der Waals surface area contributed by atoms with Crippen molar-refractivity contribution in [3.8, 4) is 0 Å². The van der Waals surface area contributed by atoms with Gasteiger partial charge in [0.25, 0.3) is 0 Å². The van der Waals surface area contributed by atoms with Gasteiger partial charge in [-0.2, -0.15) is 0 Å². The van der Waals surface area contributed by atoms with E-state index in [4.69, 9.17) is 0 Å². The lowest BCUT2D eigenvalue weighted by Crippen LogP contribution is -2.53. The summed E-state index contributed by atoms with van der Waals surface area (Å²) in [5.74, 6) is 5.02. The van der Waals surface area contributed by atoms with Crippen molar-refractivity contribution < 1.29 is 8.42 Å². The Kier molecular flexibility index (Phi) is 7.29. The van der Waals surface area contributed by atoms with Gasteiger partial charge in [-0.25, -0.2) is 8.42 Å². The van der Waals surface area contributed by atoms with Crippen LogP contribution in [0.2, 0.25) is 0 Å². The number of allylic oxidation sites excluding steroid dienone is 2. The van der Waals surface area contributed by atoms with E-state index in [-0.39, 0.29) is 11.3 Å². The summed E-state index contributed by atoms with van der Waals surface area (Å²) in [6.07, 6.45) is 16.1. The van der Waals surface area contributed by atoms with Gasteiger partial charge in [-0.1, -0.05) is 78.2 Å². The molecule has 0 radical (unpaired) electrons. The van der Waals surface area contributed by atoms with E-state index in [9.17, 15) is 8.42 Å². The van der Waals surface area contributed by atoms with Crippen LogP contribution in [0.3, 0.4) is 0 Å². The third-order valence-corrected chi connectivity index (χ3v) is 13.8. The summed E-state index contributed by atoms with van der Waals surface area (Å²) >= 11 is 0. The molecule has 1 aromatic carbocycles. The van der Waals surface area contributed by atoms with Crippen LogP contribution in [0.1, 0.15) is 105 Å². The molecule has 4 aliphatic rings. The normalized spacial score (nSPS) is 39.2. The number of hydrogen-bond acceptors (Lipinski definition) is 2. The third kappa shape index (κ3) is 4.34. The van der Waals surface area contributed by atoms with Gasteiger partial charge in [0.15, 0.2) is 0 Å². The molecule has 0 spiro atoms. The highest BCUT2D eigenvalue weighted by atomic mass is 32.2. The number of hydrogen-bond donors (Lipinski definition) is 0. The largest absolute Gasteiger partial charge is 0.219 e. The molecule has 0 bridgehead atoms. The first-order valence-electron chi connectivity index (χ1n) is 15.1. The van der Waals surface area contributed by atoms with Crippen molar-refractivity contribution in [1.29, 1.82) is 0 Å². The molecule has 0 aliphatic heterocycles. The van der Waals surface area contributed by atoms with Gasteiger partial charge >= 0.3 is 0 Å². The Labute approximate surface area is 221 Å². The molecule has 0 N–H and O–H groups in total. The molecule has 1 aromatic rings. The molecule has 0 unspecified atom stereocenters. The van der Waals surface area contributed by atoms with E-state index in [0.717, 1.165) is 53.8 Å². The maximum atomic E-state index is 13.8. The van der Waals surface area contributed by atoms with Crippen LogP contribution in [0, 0.1) is 52.3 Å². The van der Waals surface area contributed by atoms with Crippen LogP contribution < -0.4 is 0 Å². The average molecular weight is 511 g/mol. The van der Waals surface area contributed by atoms with Crippen molar-refractivity contribution in [2.24, 2.45) is 52.3 Å². The van der Waals surface area contributed by atoms with E-state index in [0.29, 0.717) is 16.2 Å². The van der Waals surface area contributed by atoms with Crippen LogP contribution in [-0.4, -0.2) is 8.42 Å². The molecular weight excluding hydrogens is 460 g/mol. The third-order valence-electron chi connectivity index (χ3n) is 11.8. The molecule has 8 atom stereocenters. The molecule has 36 heavy (non-hydrogen) atoms. The Bertz CT molecular complexity index is 1060. The Morgan fingerprint density at radius 2 is 1.58 bits per heavy atom. The standard InChI is InChI=1S/C33H50O2S/c1-23(2)11-9-12-24(3)27-18-19-28-26-16-17-30-31(36(34,35)25-13-7-6-8-14-25)15-10-21-32(30,4)29(26)20-22-33(27,28)5/h6-8,13-15,23-24,26-30H,9-12,16-22H2,1-5H3/t24-,26+,27-,28+,29+,30+,32-,33-/m1/s1. The van der Waals surface area contributed by atoms with Gasteiger partial charge < -0.3 is 0 Å². The Morgan fingerprint density at radius 1 is 0.861 bits per heavy atom. The number of benzene rings is 1. The van der Waals surface area contributed by atoms with Crippen molar-refractivity contribution in [2.75, 3.05) is 0 Å². The summed E-state index contributed by atoms with van der Waals surface area (Å²) in [6.45, 7) is 12.4. The Morgan fingerprint density at radius 3 is 2.31 bits per heavy atom. The predicted octanol–water partition coefficient (Wildman–Crippen LogP) is 9.08. The van der Waals surface area contributed by atoms with Crippen molar-refractivity contribution in [3.05, 3.63) is 41.3 Å². The summed E-state index contributed by atoms with van der Waals surface area (Å²) in [5.41, 5.74) is 0.613. The molecule has 200 valence electrons. The van der Waals surface area contributed by atoms with Crippen molar-refractivity contribution in [3.63, 3.8) is 0 Å². The van der Waals surface area contributed by atoms with Crippen LogP contribution in [0.4, 0.5) is 0 Å². The van der Waals surface area contributed by atoms with Gasteiger partial charge in [0.05, 0.1) is 4.90 Å². The summed E-state index contributed by atoms with van der Waals surface area (Å²) in [7, 11) is -3.41. The molecule has 5 rings (SSSR count). The zero-order valence-corrected chi connectivity index (χ0v) is 24.3. The SMILES string of the molecule is CC(C)CCC[C@@H](C)[C@H]1CC[C@H]2[C@@H]3CC[C@H]4C(S(=O)(=O)c5ccccc5)=CCC[C@]4(C)[C@H]3CC[C@]12C. The van der Waals surface area contributed by atoms with E-state index < -0.39 is 9.84 Å². The maximum absolute atomic E-state index is 13.8. The van der Waals surface area contributed by atoms with Crippen LogP contribution >= 0.6 is 0 Å². The molecule has 4 aliphatic carbocycles. The lowest BCUT2D eigenvalue weighted by Gasteiger charge is -2.60. The van der Waals surface area contributed by atoms with E-state index in [1.165, 1.54) is 51.4 Å². The number of sulfone groups is 1. The Hall–Kier alpha value is -1.09. The van der Waals surface area contributed by atoms with Gasteiger partial charge in [0.2, 0.25) is 9.84 Å². The van der Waals surface area contributed by atoms with E-state index in [1.54, 1.807) is 12.1 Å². The van der Waals surface area contributed by atoms with Crippen LogP contribution in [0.5, 0.6) is 0 Å². The molecule has 3 fully saturated rings. The molecule has 3 saturated carbocycles. The first-order valence-corrected chi connectivity index (χ1v) is 16.6. The minimum atomic E-state index is -3.41. The topological polar surface area (TPSA) is 34.1 Å². The quantitative estimate of drug-likeness (QED) is 0.366. The van der Waals surface area contributed by atoms with E-state index >= 15 is 0 Å². The first kappa shape index (κ1) is 26.5. The van der Waals surface area contributed by atoms with E-state index in [1.807, 2.05) is 18.2 Å². The van der Waals surface area contributed by atoms with Crippen LogP contribution in [-0.2, 0) is 9.84 Å². The highest BCUT2D eigenvalue weighted by Gasteiger charge is 2.61. The molecule has 0 saturated heterocycles. The number of rotatable bonds is 7. The molecule has 0 heterocycles. The first-order chi connectivity index (χ1) is 17.1. The van der Waals surface area contributed by atoms with Crippen LogP contribution in [0.25, 0.3) is 0 Å². The molecule has 3 heteroatoms. The predicted molar refractivity (Wildman–Crippen MR) is 150 cm³/mol. The van der Waals surface area contributed by atoms with Gasteiger partial charge in [-0.3, -0.25) is 0 Å². The van der Waals surface area contributed by atoms with E-state index in [2.05, 4.69) is 40.7 Å². The molecule has 0 aromatic heterocycles. The highest BCUT2D eigenvalue weighted by molar-refractivity contribution is 7.95. The van der Waals surface area contributed by atoms with Crippen LogP contribution in [0.15, 0.2) is 46.2 Å². The minimum Gasteiger partial charge on any atom is -0.219 e. The monoisotopic (exact) mass is 510 g/mol. The average Bonchev–Trinajstić information content (AvgIpc) is 3.21. The van der Waals surface area contributed by atoms with Gasteiger partial charge in [0.1, 0.15) is 0 Å². The fourth-order valence-electron chi connectivity index (χ4n) is 10.0. The summed E-state index contributed by atoms with van der Waals surface area (Å²) in [4.78, 5) is 1.22.